The maximum atomic E-state index is 8.51. The number of rotatable bonds is 3. The van der Waals surface area contributed by atoms with E-state index in [0.29, 0.717) is 11.4 Å². The number of nitrogens with two attached hydrogens (primary N) is 2. The highest BCUT2D eigenvalue weighted by molar-refractivity contribution is 6.13. The summed E-state index contributed by atoms with van der Waals surface area (Å²) in [7, 11) is 0. The van der Waals surface area contributed by atoms with Crippen LogP contribution in [0.1, 0.15) is 59.7 Å². The smallest absolute Gasteiger partial charge is 0.149 e. The number of nitrogens with one attached hydrogen (secondary N) is 1. The number of fused-ring (bicyclic) bond motifs is 9. The molecule has 4 heteroatoms. The molecule has 5 N–H and O–H groups in total. The second-order valence-electron chi connectivity index (χ2n) is 10.8. The normalized spacial score (nSPS) is 16.5. The molecular weight excluding hydrogens is 476 g/mol. The molecular formula is C35H32N4. The van der Waals surface area contributed by atoms with Crippen molar-refractivity contribution in [3.05, 3.63) is 154 Å². The number of hydrogen-bond donors (Lipinski definition) is 3. The Hall–Kier alpha value is -4.70. The molecule has 0 radical (unpaired) electrons. The van der Waals surface area contributed by atoms with E-state index in [2.05, 4.69) is 104 Å². The molecule has 4 aromatic carbocycles. The van der Waals surface area contributed by atoms with Crippen molar-refractivity contribution in [2.24, 2.45) is 16.5 Å². The molecule has 0 unspecified atom stereocenters. The Morgan fingerprint density at radius 1 is 0.744 bits per heavy atom. The van der Waals surface area contributed by atoms with E-state index < -0.39 is 5.41 Å². The molecule has 0 bridgehead atoms. The molecule has 0 fully saturated rings. The van der Waals surface area contributed by atoms with Gasteiger partial charge in [0, 0.05) is 11.0 Å². The van der Waals surface area contributed by atoms with Crippen LogP contribution in [0.2, 0.25) is 0 Å². The van der Waals surface area contributed by atoms with E-state index in [9.17, 15) is 0 Å². The van der Waals surface area contributed by atoms with Crippen molar-refractivity contribution >= 4 is 11.7 Å². The summed E-state index contributed by atoms with van der Waals surface area (Å²) in [6.45, 7) is 6.47. The molecule has 6 rings (SSSR count). The fraction of sp³-hybridized carbons (Fsp3) is 0.143. The Kier molecular flexibility index (Phi) is 5.65. The summed E-state index contributed by atoms with van der Waals surface area (Å²) < 4.78 is 0. The average Bonchev–Trinajstić information content (AvgIpc) is 3.26. The lowest BCUT2D eigenvalue weighted by Crippen LogP contribution is -2.40. The lowest BCUT2D eigenvalue weighted by Gasteiger charge is -2.46. The first-order valence-electron chi connectivity index (χ1n) is 13.3. The summed E-state index contributed by atoms with van der Waals surface area (Å²) in [4.78, 5) is 4.53. The third kappa shape index (κ3) is 3.38. The van der Waals surface area contributed by atoms with Crippen molar-refractivity contribution in [1.82, 2.24) is 0 Å². The number of amidine groups is 2. The SMILES string of the molecule is C/C(=C\C=C/N)C(=N)N=C(N)c1cccc2c1-c1ccccc1C21c2ccccc2C(C)(C)c2ccccc21. The van der Waals surface area contributed by atoms with E-state index in [1.165, 1.54) is 39.6 Å². The Labute approximate surface area is 229 Å². The number of hydrogen-bond acceptors (Lipinski definition) is 2. The fourth-order valence-electron chi connectivity index (χ4n) is 6.67. The Morgan fingerprint density at radius 2 is 1.28 bits per heavy atom. The molecule has 0 aliphatic heterocycles. The molecule has 4 aromatic rings. The minimum atomic E-state index is -0.486. The van der Waals surface area contributed by atoms with Gasteiger partial charge in [0.2, 0.25) is 0 Å². The van der Waals surface area contributed by atoms with Gasteiger partial charge in [0.1, 0.15) is 11.7 Å². The van der Waals surface area contributed by atoms with E-state index in [1.54, 1.807) is 12.2 Å². The molecule has 39 heavy (non-hydrogen) atoms. The van der Waals surface area contributed by atoms with Crippen LogP contribution in [0.25, 0.3) is 11.1 Å². The van der Waals surface area contributed by atoms with Crippen LogP contribution in [0, 0.1) is 5.41 Å². The molecule has 0 saturated carbocycles. The minimum absolute atomic E-state index is 0.110. The van der Waals surface area contributed by atoms with Gasteiger partial charge in [-0.3, -0.25) is 5.41 Å². The van der Waals surface area contributed by atoms with Crippen LogP contribution < -0.4 is 11.5 Å². The second-order valence-corrected chi connectivity index (χ2v) is 10.8. The molecule has 2 aliphatic carbocycles. The van der Waals surface area contributed by atoms with Gasteiger partial charge in [-0.1, -0.05) is 111 Å². The van der Waals surface area contributed by atoms with Crippen LogP contribution in [-0.2, 0) is 10.8 Å². The summed E-state index contributed by atoms with van der Waals surface area (Å²) >= 11 is 0. The average molecular weight is 509 g/mol. The van der Waals surface area contributed by atoms with Crippen LogP contribution in [0.15, 0.2) is 120 Å². The Balaban J connectivity index is 1.69. The van der Waals surface area contributed by atoms with Gasteiger partial charge in [-0.15, -0.1) is 0 Å². The summed E-state index contributed by atoms with van der Waals surface area (Å²) in [5, 5.41) is 8.51. The number of aliphatic imine (C=N–C) groups is 1. The molecule has 0 amide bonds. The van der Waals surface area contributed by atoms with Crippen LogP contribution in [0.3, 0.4) is 0 Å². The van der Waals surface area contributed by atoms with E-state index in [0.717, 1.165) is 16.7 Å². The van der Waals surface area contributed by atoms with Crippen molar-refractivity contribution in [3.8, 4) is 11.1 Å². The number of benzene rings is 4. The highest BCUT2D eigenvalue weighted by Crippen LogP contribution is 2.62. The second kappa shape index (κ2) is 8.95. The molecule has 2 aliphatic rings. The quantitative estimate of drug-likeness (QED) is 0.142. The zero-order valence-corrected chi connectivity index (χ0v) is 22.5. The van der Waals surface area contributed by atoms with Gasteiger partial charge in [0.05, 0.1) is 5.41 Å². The van der Waals surface area contributed by atoms with Crippen LogP contribution >= 0.6 is 0 Å². The van der Waals surface area contributed by atoms with Gasteiger partial charge < -0.3 is 11.5 Å². The van der Waals surface area contributed by atoms with Gasteiger partial charge in [-0.2, -0.15) is 0 Å². The topological polar surface area (TPSA) is 88.2 Å². The summed E-state index contributed by atoms with van der Waals surface area (Å²) in [5.74, 6) is 0.435. The first-order chi connectivity index (χ1) is 18.8. The van der Waals surface area contributed by atoms with Gasteiger partial charge in [0.25, 0.3) is 0 Å². The summed E-state index contributed by atoms with van der Waals surface area (Å²) in [6, 6.07) is 32.7. The number of allylic oxidation sites excluding steroid dienone is 2. The predicted octanol–water partition coefficient (Wildman–Crippen LogP) is 6.79. The molecule has 0 aromatic heterocycles. The Bertz CT molecular complexity index is 1690. The zero-order chi connectivity index (χ0) is 27.4. The van der Waals surface area contributed by atoms with Crippen LogP contribution in [0.5, 0.6) is 0 Å². The van der Waals surface area contributed by atoms with Gasteiger partial charge in [0.15, 0.2) is 0 Å². The van der Waals surface area contributed by atoms with Gasteiger partial charge in [-0.25, -0.2) is 4.99 Å². The highest BCUT2D eigenvalue weighted by atomic mass is 14.9. The van der Waals surface area contributed by atoms with Crippen LogP contribution in [-0.4, -0.2) is 11.7 Å². The predicted molar refractivity (Wildman–Crippen MR) is 161 cm³/mol. The summed E-state index contributed by atoms with van der Waals surface area (Å²) in [5.41, 5.74) is 23.0. The molecule has 1 spiro atoms. The largest absolute Gasteiger partial charge is 0.405 e. The van der Waals surface area contributed by atoms with E-state index in [4.69, 9.17) is 16.9 Å². The first kappa shape index (κ1) is 24.6. The van der Waals surface area contributed by atoms with Crippen LogP contribution in [0.4, 0.5) is 0 Å². The van der Waals surface area contributed by atoms with E-state index in [1.807, 2.05) is 13.0 Å². The lowest BCUT2D eigenvalue weighted by atomic mass is 9.55. The zero-order valence-electron chi connectivity index (χ0n) is 22.5. The highest BCUT2D eigenvalue weighted by Gasteiger charge is 2.53. The van der Waals surface area contributed by atoms with E-state index in [-0.39, 0.29) is 11.3 Å². The standard InChI is InChI=1S/C35H32N4/c1-22(12-11-21-36)32(37)39-33(38)24-14-10-20-30-31(24)23-13-4-5-15-25(23)35(30)28-18-8-6-16-26(28)34(2,3)27-17-7-9-19-29(27)35/h4-21H,36H2,1-3H3,(H3,37,38,39)/b21-11-,22-12+. The molecule has 0 atom stereocenters. The van der Waals surface area contributed by atoms with E-state index >= 15 is 0 Å². The third-order valence-corrected chi connectivity index (χ3v) is 8.42. The maximum Gasteiger partial charge on any atom is 0.149 e. The molecule has 0 saturated heterocycles. The van der Waals surface area contributed by atoms with Crippen molar-refractivity contribution in [2.45, 2.75) is 31.6 Å². The van der Waals surface area contributed by atoms with Crippen molar-refractivity contribution in [3.63, 3.8) is 0 Å². The number of nitrogens with zero attached hydrogens (tertiary/aromatic N) is 1. The van der Waals surface area contributed by atoms with Crippen molar-refractivity contribution in [2.75, 3.05) is 0 Å². The lowest BCUT2D eigenvalue weighted by molar-refractivity contribution is 0.563. The maximum absolute atomic E-state index is 8.51. The molecule has 192 valence electrons. The third-order valence-electron chi connectivity index (χ3n) is 8.42. The van der Waals surface area contributed by atoms with Gasteiger partial charge in [-0.05, 0) is 69.3 Å². The minimum Gasteiger partial charge on any atom is -0.405 e. The van der Waals surface area contributed by atoms with Crippen molar-refractivity contribution in [1.29, 1.82) is 5.41 Å². The van der Waals surface area contributed by atoms with Crippen molar-refractivity contribution < 1.29 is 0 Å². The first-order valence-corrected chi connectivity index (χ1v) is 13.3. The monoisotopic (exact) mass is 508 g/mol. The Morgan fingerprint density at radius 3 is 1.90 bits per heavy atom. The van der Waals surface area contributed by atoms with Gasteiger partial charge >= 0.3 is 0 Å². The summed E-state index contributed by atoms with van der Waals surface area (Å²) in [6.07, 6.45) is 4.89. The molecule has 0 heterocycles. The fourth-order valence-corrected chi connectivity index (χ4v) is 6.67. The molecule has 4 nitrogen and oxygen atoms in total.